The van der Waals surface area contributed by atoms with Crippen molar-refractivity contribution in [2.45, 2.75) is 40.2 Å². The molecule has 0 fully saturated rings. The lowest BCUT2D eigenvalue weighted by Gasteiger charge is -2.10. The highest BCUT2D eigenvalue weighted by atomic mass is 16.5. The Morgan fingerprint density at radius 1 is 1.25 bits per heavy atom. The minimum Gasteiger partial charge on any atom is -0.497 e. The van der Waals surface area contributed by atoms with Gasteiger partial charge in [-0.3, -0.25) is 4.68 Å². The number of rotatable bonds is 6. The standard InChI is InChI=1S/C18H26N4O2/c1-12(2)22-14(4)17(13(3)21-22)20-18(23)19-11-10-15-6-8-16(24-5)9-7-15/h6-9,12H,10-11H2,1-5H3,(H2,19,20,23). The molecule has 0 aliphatic rings. The van der Waals surface area contributed by atoms with Crippen LogP contribution in [0.5, 0.6) is 5.75 Å². The van der Waals surface area contributed by atoms with E-state index < -0.39 is 0 Å². The molecule has 0 saturated heterocycles. The first-order chi connectivity index (χ1) is 11.4. The molecule has 1 aromatic carbocycles. The molecule has 24 heavy (non-hydrogen) atoms. The van der Waals surface area contributed by atoms with Crippen molar-refractivity contribution in [3.8, 4) is 5.75 Å². The first-order valence-electron chi connectivity index (χ1n) is 8.16. The van der Waals surface area contributed by atoms with Crippen molar-refractivity contribution in [2.24, 2.45) is 0 Å². The van der Waals surface area contributed by atoms with Crippen LogP contribution in [-0.4, -0.2) is 29.5 Å². The van der Waals surface area contributed by atoms with Crippen LogP contribution in [0.2, 0.25) is 0 Å². The van der Waals surface area contributed by atoms with Crippen molar-refractivity contribution in [2.75, 3.05) is 19.0 Å². The molecule has 2 aromatic rings. The largest absolute Gasteiger partial charge is 0.497 e. The third kappa shape index (κ3) is 4.28. The zero-order chi connectivity index (χ0) is 17.7. The zero-order valence-corrected chi connectivity index (χ0v) is 15.0. The van der Waals surface area contributed by atoms with Gasteiger partial charge in [0.05, 0.1) is 24.2 Å². The highest BCUT2D eigenvalue weighted by Crippen LogP contribution is 2.22. The molecular formula is C18H26N4O2. The minimum absolute atomic E-state index is 0.210. The number of nitrogens with one attached hydrogen (secondary N) is 2. The maximum Gasteiger partial charge on any atom is 0.319 e. The van der Waals surface area contributed by atoms with Crippen LogP contribution in [0.3, 0.4) is 0 Å². The molecule has 0 atom stereocenters. The Morgan fingerprint density at radius 2 is 1.92 bits per heavy atom. The van der Waals surface area contributed by atoms with Gasteiger partial charge in [0.1, 0.15) is 5.75 Å². The lowest BCUT2D eigenvalue weighted by Crippen LogP contribution is -2.30. The van der Waals surface area contributed by atoms with Gasteiger partial charge < -0.3 is 15.4 Å². The van der Waals surface area contributed by atoms with Gasteiger partial charge in [-0.05, 0) is 51.8 Å². The molecule has 1 heterocycles. The third-order valence-corrected chi connectivity index (χ3v) is 3.91. The van der Waals surface area contributed by atoms with E-state index in [1.165, 1.54) is 0 Å². The van der Waals surface area contributed by atoms with Gasteiger partial charge in [-0.1, -0.05) is 12.1 Å². The number of nitrogens with zero attached hydrogens (tertiary/aromatic N) is 2. The van der Waals surface area contributed by atoms with E-state index in [0.29, 0.717) is 6.54 Å². The van der Waals surface area contributed by atoms with Crippen LogP contribution in [-0.2, 0) is 6.42 Å². The summed E-state index contributed by atoms with van der Waals surface area (Å²) in [7, 11) is 1.65. The summed E-state index contributed by atoms with van der Waals surface area (Å²) in [6, 6.07) is 7.89. The molecule has 0 aliphatic carbocycles. The average molecular weight is 330 g/mol. The summed E-state index contributed by atoms with van der Waals surface area (Å²) in [6.07, 6.45) is 0.765. The molecular weight excluding hydrogens is 304 g/mol. The fourth-order valence-corrected chi connectivity index (χ4v) is 2.62. The second-order valence-electron chi connectivity index (χ2n) is 6.06. The summed E-state index contributed by atoms with van der Waals surface area (Å²) in [5.74, 6) is 0.831. The Bertz CT molecular complexity index is 690. The number of hydrogen-bond donors (Lipinski definition) is 2. The van der Waals surface area contributed by atoms with E-state index in [1.54, 1.807) is 7.11 Å². The smallest absolute Gasteiger partial charge is 0.319 e. The van der Waals surface area contributed by atoms with Gasteiger partial charge in [-0.25, -0.2) is 4.79 Å². The van der Waals surface area contributed by atoms with Gasteiger partial charge in [-0.2, -0.15) is 5.10 Å². The van der Waals surface area contributed by atoms with Crippen LogP contribution in [0.15, 0.2) is 24.3 Å². The van der Waals surface area contributed by atoms with E-state index in [4.69, 9.17) is 4.74 Å². The number of aromatic nitrogens is 2. The predicted molar refractivity (Wildman–Crippen MR) is 95.8 cm³/mol. The van der Waals surface area contributed by atoms with Gasteiger partial charge in [0, 0.05) is 12.6 Å². The van der Waals surface area contributed by atoms with Crippen LogP contribution < -0.4 is 15.4 Å². The summed E-state index contributed by atoms with van der Waals surface area (Å²) in [6.45, 7) is 8.57. The number of methoxy groups -OCH3 is 1. The monoisotopic (exact) mass is 330 g/mol. The average Bonchev–Trinajstić information content (AvgIpc) is 2.84. The van der Waals surface area contributed by atoms with Crippen molar-refractivity contribution in [3.05, 3.63) is 41.2 Å². The summed E-state index contributed by atoms with van der Waals surface area (Å²) in [5, 5.41) is 10.3. The molecule has 6 nitrogen and oxygen atoms in total. The fraction of sp³-hybridized carbons (Fsp3) is 0.444. The molecule has 1 aromatic heterocycles. The van der Waals surface area contributed by atoms with Gasteiger partial charge in [0.25, 0.3) is 0 Å². The van der Waals surface area contributed by atoms with Crippen LogP contribution in [0.25, 0.3) is 0 Å². The predicted octanol–water partition coefficient (Wildman–Crippen LogP) is 3.45. The first-order valence-corrected chi connectivity index (χ1v) is 8.16. The van der Waals surface area contributed by atoms with Crippen LogP contribution >= 0.6 is 0 Å². The molecule has 0 aliphatic heterocycles. The van der Waals surface area contributed by atoms with Gasteiger partial charge >= 0.3 is 6.03 Å². The zero-order valence-electron chi connectivity index (χ0n) is 15.0. The third-order valence-electron chi connectivity index (χ3n) is 3.91. The topological polar surface area (TPSA) is 68.2 Å². The van der Waals surface area contributed by atoms with Gasteiger partial charge in [0.2, 0.25) is 0 Å². The number of benzene rings is 1. The Morgan fingerprint density at radius 3 is 2.46 bits per heavy atom. The summed E-state index contributed by atoms with van der Waals surface area (Å²) in [5.41, 5.74) is 3.72. The molecule has 0 saturated carbocycles. The molecule has 6 heteroatoms. The van der Waals surface area contributed by atoms with Crippen LogP contribution in [0, 0.1) is 13.8 Å². The van der Waals surface area contributed by atoms with Crippen molar-refractivity contribution in [1.29, 1.82) is 0 Å². The SMILES string of the molecule is COc1ccc(CCNC(=O)Nc2c(C)nn(C(C)C)c2C)cc1. The van der Waals surface area contributed by atoms with E-state index >= 15 is 0 Å². The Hall–Kier alpha value is -2.50. The quantitative estimate of drug-likeness (QED) is 0.852. The number of carbonyl (C=O) groups is 1. The van der Waals surface area contributed by atoms with E-state index in [9.17, 15) is 4.79 Å². The number of ether oxygens (including phenoxy) is 1. The van der Waals surface area contributed by atoms with Gasteiger partial charge in [-0.15, -0.1) is 0 Å². The lowest BCUT2D eigenvalue weighted by atomic mass is 10.1. The number of hydrogen-bond acceptors (Lipinski definition) is 3. The van der Waals surface area contributed by atoms with E-state index in [0.717, 1.165) is 34.8 Å². The van der Waals surface area contributed by atoms with E-state index in [1.807, 2.05) is 42.8 Å². The maximum absolute atomic E-state index is 12.1. The second kappa shape index (κ2) is 7.86. The number of urea groups is 1. The van der Waals surface area contributed by atoms with E-state index in [2.05, 4.69) is 29.6 Å². The summed E-state index contributed by atoms with van der Waals surface area (Å²) in [4.78, 5) is 12.1. The van der Waals surface area contributed by atoms with Crippen molar-refractivity contribution < 1.29 is 9.53 Å². The van der Waals surface area contributed by atoms with Gasteiger partial charge in [0.15, 0.2) is 0 Å². The highest BCUT2D eigenvalue weighted by molar-refractivity contribution is 5.90. The summed E-state index contributed by atoms with van der Waals surface area (Å²) < 4.78 is 7.05. The molecule has 2 N–H and O–H groups in total. The normalized spacial score (nSPS) is 10.8. The molecule has 0 radical (unpaired) electrons. The molecule has 2 amide bonds. The van der Waals surface area contributed by atoms with Crippen LogP contribution in [0.4, 0.5) is 10.5 Å². The van der Waals surface area contributed by atoms with Crippen molar-refractivity contribution in [1.82, 2.24) is 15.1 Å². The highest BCUT2D eigenvalue weighted by Gasteiger charge is 2.15. The molecule has 130 valence electrons. The van der Waals surface area contributed by atoms with Crippen LogP contribution in [0.1, 0.15) is 36.8 Å². The summed E-state index contributed by atoms with van der Waals surface area (Å²) >= 11 is 0. The number of anilines is 1. The van der Waals surface area contributed by atoms with Crippen molar-refractivity contribution in [3.63, 3.8) is 0 Å². The Labute approximate surface area is 143 Å². The number of amides is 2. The lowest BCUT2D eigenvalue weighted by molar-refractivity contribution is 0.252. The number of aryl methyl sites for hydroxylation is 1. The Balaban J connectivity index is 1.87. The molecule has 0 bridgehead atoms. The molecule has 0 unspecified atom stereocenters. The fourth-order valence-electron chi connectivity index (χ4n) is 2.62. The maximum atomic E-state index is 12.1. The molecule has 2 rings (SSSR count). The first kappa shape index (κ1) is 17.8. The van der Waals surface area contributed by atoms with Crippen molar-refractivity contribution >= 4 is 11.7 Å². The minimum atomic E-state index is -0.210. The Kier molecular flexibility index (Phi) is 5.84. The molecule has 0 spiro atoms. The second-order valence-corrected chi connectivity index (χ2v) is 6.06. The number of carbonyl (C=O) groups excluding carboxylic acids is 1. The van der Waals surface area contributed by atoms with E-state index in [-0.39, 0.29) is 12.1 Å².